The van der Waals surface area contributed by atoms with Gasteiger partial charge in [0.1, 0.15) is 79.9 Å². The number of unbranched alkanes of at least 4 members (excludes halogenated alkanes) is 2. The van der Waals surface area contributed by atoms with Crippen LogP contribution in [0.3, 0.4) is 0 Å². The first kappa shape index (κ1) is 45.0. The van der Waals surface area contributed by atoms with Gasteiger partial charge in [-0.05, 0) is 18.4 Å². The lowest BCUT2D eigenvalue weighted by molar-refractivity contribution is -0.366. The highest BCUT2D eigenvalue weighted by atomic mass is 16.7. The number of nitrogens with one attached hydrogen (secondary N) is 2. The number of carbonyl (C=O) groups excluding carboxylic acids is 2. The van der Waals surface area contributed by atoms with Crippen LogP contribution in [0, 0.1) is 0 Å². The van der Waals surface area contributed by atoms with Crippen LogP contribution in [0.5, 0.6) is 0 Å². The summed E-state index contributed by atoms with van der Waals surface area (Å²) in [7, 11) is 0. The summed E-state index contributed by atoms with van der Waals surface area (Å²) in [6.45, 7) is -1.85. The molecule has 0 spiro atoms. The summed E-state index contributed by atoms with van der Waals surface area (Å²) in [5.41, 5.74) is 0.865. The minimum atomic E-state index is -1.89. The molecule has 0 radical (unpaired) electrons. The van der Waals surface area contributed by atoms with Gasteiger partial charge in [0.2, 0.25) is 5.91 Å². The quantitative estimate of drug-likeness (QED) is 0.0584. The van der Waals surface area contributed by atoms with Crippen LogP contribution in [0.25, 0.3) is 0 Å². The lowest BCUT2D eigenvalue weighted by atomic mass is 9.96. The minimum Gasteiger partial charge on any atom is -0.445 e. The summed E-state index contributed by atoms with van der Waals surface area (Å²) in [4.78, 5) is 24.2. The van der Waals surface area contributed by atoms with Gasteiger partial charge in [0.15, 0.2) is 18.9 Å². The summed E-state index contributed by atoms with van der Waals surface area (Å²) >= 11 is 0. The maximum Gasteiger partial charge on any atom is 0.407 e. The molecule has 0 aliphatic carbocycles. The molecular weight excluding hydrogens is 740 g/mol. The second kappa shape index (κ2) is 22.3. The van der Waals surface area contributed by atoms with Crippen molar-refractivity contribution in [3.8, 4) is 0 Å². The van der Waals surface area contributed by atoms with Crippen molar-refractivity contribution in [3.05, 3.63) is 35.9 Å². The SMILES string of the molecule is O=C(CCCCCNC(=O)OCc1ccccc1)NCCO[C@H]1O[C@H](CO[C@H]2O[C@H](CO)[C@@H](O)[C@H](O)[C@@H]2O)[C@@H](O)[C@H](O[C@H]2O[C@H](CO)[C@@H](O)[C@H](O)[C@@H]2O)[C@@H]1O. The smallest absolute Gasteiger partial charge is 0.407 e. The molecule has 3 aliphatic rings. The fraction of sp³-hybridized carbons (Fsp3) is 0.765. The standard InChI is InChI=1S/C34H54N2O19/c37-13-18-22(40)25(43)27(45)31(52-18)50-16-20-24(42)30(55-33-28(46)26(44)23(41)19(14-38)53-33)29(47)32(54-20)49-12-11-35-21(39)9-5-2-6-10-36-34(48)51-15-17-7-3-1-4-8-17/h1,3-4,7-8,18-20,22-33,37-38,40-47H,2,5-6,9-16H2,(H,35,39)(H,36,48)/t18-,19-,20-,22-,23-,24-,25+,26+,27+,28+,29+,30+,31+,32+,33-/m1/s1. The molecule has 55 heavy (non-hydrogen) atoms. The minimum absolute atomic E-state index is 0.0347. The van der Waals surface area contributed by atoms with Gasteiger partial charge in [-0.1, -0.05) is 36.8 Å². The predicted octanol–water partition coefficient (Wildman–Crippen LogP) is -4.95. The average Bonchev–Trinajstić information content (AvgIpc) is 3.18. The Balaban J connectivity index is 1.25. The Morgan fingerprint density at radius 3 is 1.87 bits per heavy atom. The van der Waals surface area contributed by atoms with Gasteiger partial charge in [0, 0.05) is 19.5 Å². The Morgan fingerprint density at radius 1 is 0.618 bits per heavy atom. The van der Waals surface area contributed by atoms with Crippen LogP contribution in [0.1, 0.15) is 31.2 Å². The third-order valence-electron chi connectivity index (χ3n) is 9.32. The Labute approximate surface area is 316 Å². The van der Waals surface area contributed by atoms with Gasteiger partial charge in [0.25, 0.3) is 0 Å². The van der Waals surface area contributed by atoms with Crippen LogP contribution in [0.2, 0.25) is 0 Å². The molecule has 0 aromatic heterocycles. The molecule has 1 aromatic carbocycles. The van der Waals surface area contributed by atoms with E-state index in [0.717, 1.165) is 5.56 Å². The zero-order valence-electron chi connectivity index (χ0n) is 30.0. The number of benzene rings is 1. The van der Waals surface area contributed by atoms with Crippen molar-refractivity contribution in [2.45, 2.75) is 124 Å². The molecule has 3 saturated heterocycles. The molecule has 2 amide bonds. The highest BCUT2D eigenvalue weighted by Crippen LogP contribution is 2.31. The maximum atomic E-state index is 12.4. The van der Waals surface area contributed by atoms with Crippen LogP contribution in [-0.4, -0.2) is 195 Å². The van der Waals surface area contributed by atoms with E-state index in [9.17, 15) is 60.7 Å². The lowest BCUT2D eigenvalue weighted by Gasteiger charge is -2.46. The monoisotopic (exact) mass is 794 g/mol. The van der Waals surface area contributed by atoms with E-state index in [-0.39, 0.29) is 32.1 Å². The molecule has 314 valence electrons. The first-order valence-corrected chi connectivity index (χ1v) is 18.1. The van der Waals surface area contributed by atoms with Gasteiger partial charge in [0.05, 0.1) is 26.4 Å². The van der Waals surface area contributed by atoms with Crippen LogP contribution >= 0.6 is 0 Å². The fourth-order valence-electron chi connectivity index (χ4n) is 6.07. The summed E-state index contributed by atoms with van der Waals surface area (Å²) in [6, 6.07) is 9.24. The molecule has 21 heteroatoms. The van der Waals surface area contributed by atoms with E-state index in [0.29, 0.717) is 25.8 Å². The van der Waals surface area contributed by atoms with Crippen molar-refractivity contribution in [2.75, 3.05) is 39.5 Å². The Morgan fingerprint density at radius 2 is 1.22 bits per heavy atom. The summed E-state index contributed by atoms with van der Waals surface area (Å²) in [5, 5.41) is 108. The summed E-state index contributed by atoms with van der Waals surface area (Å²) in [6.07, 6.45) is -23.6. The molecule has 0 saturated carbocycles. The van der Waals surface area contributed by atoms with Crippen LogP contribution < -0.4 is 10.6 Å². The van der Waals surface area contributed by atoms with Crippen molar-refractivity contribution in [3.63, 3.8) is 0 Å². The van der Waals surface area contributed by atoms with Crippen molar-refractivity contribution >= 4 is 12.0 Å². The fourth-order valence-corrected chi connectivity index (χ4v) is 6.07. The van der Waals surface area contributed by atoms with Crippen molar-refractivity contribution in [1.29, 1.82) is 0 Å². The molecule has 4 rings (SSSR count). The van der Waals surface area contributed by atoms with Gasteiger partial charge >= 0.3 is 6.09 Å². The first-order chi connectivity index (χ1) is 26.4. The Kier molecular flexibility index (Phi) is 18.3. The van der Waals surface area contributed by atoms with E-state index < -0.39 is 118 Å². The van der Waals surface area contributed by atoms with Gasteiger partial charge in [-0.3, -0.25) is 4.79 Å². The normalized spacial score (nSPS) is 36.6. The third kappa shape index (κ3) is 12.7. The van der Waals surface area contributed by atoms with E-state index in [1.54, 1.807) is 0 Å². The highest BCUT2D eigenvalue weighted by molar-refractivity contribution is 5.75. The number of aliphatic hydroxyl groups excluding tert-OH is 10. The van der Waals surface area contributed by atoms with Crippen molar-refractivity contribution < 1.29 is 93.8 Å². The maximum absolute atomic E-state index is 12.4. The first-order valence-electron chi connectivity index (χ1n) is 18.1. The number of rotatable bonds is 19. The van der Waals surface area contributed by atoms with Gasteiger partial charge in [-0.2, -0.15) is 0 Å². The highest BCUT2D eigenvalue weighted by Gasteiger charge is 2.52. The molecule has 3 aliphatic heterocycles. The van der Waals surface area contributed by atoms with Gasteiger partial charge in [-0.25, -0.2) is 4.79 Å². The molecule has 0 bridgehead atoms. The van der Waals surface area contributed by atoms with Crippen LogP contribution in [-0.2, 0) is 44.6 Å². The van der Waals surface area contributed by atoms with E-state index in [4.69, 9.17) is 33.2 Å². The third-order valence-corrected chi connectivity index (χ3v) is 9.32. The predicted molar refractivity (Wildman–Crippen MR) is 181 cm³/mol. The largest absolute Gasteiger partial charge is 0.445 e. The number of hydrogen-bond donors (Lipinski definition) is 12. The van der Waals surface area contributed by atoms with E-state index in [2.05, 4.69) is 10.6 Å². The molecule has 3 heterocycles. The van der Waals surface area contributed by atoms with E-state index in [1.165, 1.54) is 0 Å². The number of carbonyl (C=O) groups is 2. The number of aliphatic hydroxyl groups is 10. The number of amides is 2. The van der Waals surface area contributed by atoms with Crippen molar-refractivity contribution in [1.82, 2.24) is 10.6 Å². The Bertz CT molecular complexity index is 1280. The van der Waals surface area contributed by atoms with Gasteiger partial charge < -0.3 is 94.9 Å². The molecule has 21 nitrogen and oxygen atoms in total. The molecule has 0 unspecified atom stereocenters. The van der Waals surface area contributed by atoms with Crippen LogP contribution in [0.15, 0.2) is 30.3 Å². The number of ether oxygens (including phenoxy) is 7. The lowest BCUT2D eigenvalue weighted by Crippen LogP contribution is -2.65. The Hall–Kier alpha value is -2.68. The van der Waals surface area contributed by atoms with Crippen LogP contribution in [0.4, 0.5) is 4.79 Å². The number of alkyl carbamates (subject to hydrolysis) is 1. The average molecular weight is 795 g/mol. The zero-order chi connectivity index (χ0) is 40.1. The topological polar surface area (TPSA) is 325 Å². The second-order valence-corrected chi connectivity index (χ2v) is 13.4. The molecular formula is C34H54N2O19. The summed E-state index contributed by atoms with van der Waals surface area (Å²) < 4.78 is 38.4. The molecule has 3 fully saturated rings. The van der Waals surface area contributed by atoms with Gasteiger partial charge in [-0.15, -0.1) is 0 Å². The number of hydrogen-bond acceptors (Lipinski definition) is 19. The molecule has 15 atom stereocenters. The molecule has 1 aromatic rings. The van der Waals surface area contributed by atoms with E-state index in [1.807, 2.05) is 30.3 Å². The zero-order valence-corrected chi connectivity index (χ0v) is 30.0. The molecule has 12 N–H and O–H groups in total. The summed E-state index contributed by atoms with van der Waals surface area (Å²) in [5.74, 6) is -0.297. The second-order valence-electron chi connectivity index (χ2n) is 13.4. The van der Waals surface area contributed by atoms with Crippen molar-refractivity contribution in [2.24, 2.45) is 0 Å². The van der Waals surface area contributed by atoms with E-state index >= 15 is 0 Å².